The third kappa shape index (κ3) is 1.56. The number of nitrogens with zero attached hydrogens (tertiary/aromatic N) is 5. The molecule has 8 heteroatoms. The highest BCUT2D eigenvalue weighted by atomic mass is 79.9. The van der Waals surface area contributed by atoms with Gasteiger partial charge < -0.3 is 4.98 Å². The van der Waals surface area contributed by atoms with Gasteiger partial charge in [-0.15, -0.1) is 0 Å². The second-order valence-electron chi connectivity index (χ2n) is 4.01. The summed E-state index contributed by atoms with van der Waals surface area (Å²) < 4.78 is 3.50. The first-order valence-corrected chi connectivity index (χ1v) is 6.49. The lowest BCUT2D eigenvalue weighted by atomic mass is 10.3. The molecule has 0 fully saturated rings. The molecule has 3 aromatic rings. The van der Waals surface area contributed by atoms with E-state index in [1.807, 2.05) is 0 Å². The van der Waals surface area contributed by atoms with Crippen LogP contribution in [0.15, 0.2) is 15.9 Å². The van der Waals surface area contributed by atoms with E-state index in [2.05, 4.69) is 42.9 Å². The van der Waals surface area contributed by atoms with Gasteiger partial charge in [0.2, 0.25) is 0 Å². The summed E-state index contributed by atoms with van der Waals surface area (Å²) in [5, 5.41) is 3.96. The Morgan fingerprint density at radius 1 is 1.44 bits per heavy atom. The van der Waals surface area contributed by atoms with Crippen LogP contribution in [0.2, 0.25) is 0 Å². The fraction of sp³-hybridized carbons (Fsp3) is 0.400. The molecule has 0 spiro atoms. The largest absolute Gasteiger partial charge is 0.352 e. The number of aromatic nitrogens is 6. The standard InChI is InChI=1S/C10H11BrN6O/c1-2-3-4-16-8-6(14-9(11)15-8)7-12-5-13-17(7)10(16)18/h5H,2-4H2,1H3,(H,14,15). The van der Waals surface area contributed by atoms with E-state index in [0.717, 1.165) is 18.4 Å². The van der Waals surface area contributed by atoms with Crippen LogP contribution in [-0.4, -0.2) is 29.1 Å². The Balaban J connectivity index is 2.41. The van der Waals surface area contributed by atoms with Crippen LogP contribution in [0.3, 0.4) is 0 Å². The zero-order chi connectivity index (χ0) is 12.7. The van der Waals surface area contributed by atoms with Crippen molar-refractivity contribution in [1.82, 2.24) is 29.1 Å². The molecule has 94 valence electrons. The molecule has 0 aliphatic rings. The summed E-state index contributed by atoms with van der Waals surface area (Å²) in [6.07, 6.45) is 3.30. The SMILES string of the molecule is CCCCn1c(=O)n2ncnc2c2[nH]c(Br)nc21. The van der Waals surface area contributed by atoms with Gasteiger partial charge in [-0.2, -0.15) is 9.61 Å². The second-order valence-corrected chi connectivity index (χ2v) is 4.76. The average molecular weight is 311 g/mol. The van der Waals surface area contributed by atoms with Crippen molar-refractivity contribution in [2.24, 2.45) is 0 Å². The second kappa shape index (κ2) is 4.20. The first-order chi connectivity index (χ1) is 8.72. The van der Waals surface area contributed by atoms with Gasteiger partial charge in [0.05, 0.1) is 0 Å². The number of H-pyrrole nitrogens is 1. The molecule has 0 aliphatic heterocycles. The zero-order valence-corrected chi connectivity index (χ0v) is 11.3. The highest BCUT2D eigenvalue weighted by Gasteiger charge is 2.15. The molecule has 7 nitrogen and oxygen atoms in total. The number of halogens is 1. The topological polar surface area (TPSA) is 80.9 Å². The van der Waals surface area contributed by atoms with E-state index >= 15 is 0 Å². The number of aromatic amines is 1. The van der Waals surface area contributed by atoms with Crippen molar-refractivity contribution >= 4 is 32.7 Å². The van der Waals surface area contributed by atoms with E-state index in [1.165, 1.54) is 10.8 Å². The number of aryl methyl sites for hydroxylation is 1. The molecule has 0 aromatic carbocycles. The molecule has 0 saturated heterocycles. The number of hydrogen-bond donors (Lipinski definition) is 1. The van der Waals surface area contributed by atoms with Crippen LogP contribution in [-0.2, 0) is 6.54 Å². The quantitative estimate of drug-likeness (QED) is 0.740. The van der Waals surface area contributed by atoms with E-state index < -0.39 is 0 Å². The average Bonchev–Trinajstić information content (AvgIpc) is 2.94. The fourth-order valence-electron chi connectivity index (χ4n) is 1.96. The van der Waals surface area contributed by atoms with Gasteiger partial charge in [0, 0.05) is 6.54 Å². The van der Waals surface area contributed by atoms with E-state index in [1.54, 1.807) is 4.57 Å². The van der Waals surface area contributed by atoms with Crippen LogP contribution in [0, 0.1) is 0 Å². The minimum absolute atomic E-state index is 0.206. The Bertz CT molecular complexity index is 770. The van der Waals surface area contributed by atoms with Crippen LogP contribution in [0.1, 0.15) is 19.8 Å². The Labute approximate surface area is 110 Å². The number of fused-ring (bicyclic) bond motifs is 3. The lowest BCUT2D eigenvalue weighted by Crippen LogP contribution is -2.28. The summed E-state index contributed by atoms with van der Waals surface area (Å²) in [5.41, 5.74) is 1.62. The summed E-state index contributed by atoms with van der Waals surface area (Å²) in [5.74, 6) is 0. The van der Waals surface area contributed by atoms with E-state index in [9.17, 15) is 4.79 Å². The summed E-state index contributed by atoms with van der Waals surface area (Å²) in [7, 11) is 0. The minimum Gasteiger partial charge on any atom is -0.328 e. The van der Waals surface area contributed by atoms with E-state index in [-0.39, 0.29) is 5.69 Å². The number of rotatable bonds is 3. The molecular weight excluding hydrogens is 300 g/mol. The molecule has 0 atom stereocenters. The Kier molecular flexibility index (Phi) is 2.66. The number of unbranched alkanes of at least 4 members (excludes halogenated alkanes) is 1. The third-order valence-electron chi connectivity index (χ3n) is 2.83. The van der Waals surface area contributed by atoms with Crippen molar-refractivity contribution < 1.29 is 0 Å². The van der Waals surface area contributed by atoms with Gasteiger partial charge in [0.1, 0.15) is 11.8 Å². The predicted octanol–water partition coefficient (Wildman–Crippen LogP) is 1.33. The highest BCUT2D eigenvalue weighted by molar-refractivity contribution is 9.10. The van der Waals surface area contributed by atoms with Gasteiger partial charge in [0.25, 0.3) is 0 Å². The number of nitrogens with one attached hydrogen (secondary N) is 1. The van der Waals surface area contributed by atoms with Crippen molar-refractivity contribution in [2.75, 3.05) is 0 Å². The Morgan fingerprint density at radius 3 is 3.06 bits per heavy atom. The maximum Gasteiger partial charge on any atom is 0.352 e. The maximum atomic E-state index is 12.3. The predicted molar refractivity (Wildman–Crippen MR) is 69.5 cm³/mol. The van der Waals surface area contributed by atoms with Gasteiger partial charge >= 0.3 is 5.69 Å². The van der Waals surface area contributed by atoms with Crippen molar-refractivity contribution in [1.29, 1.82) is 0 Å². The maximum absolute atomic E-state index is 12.3. The first kappa shape index (κ1) is 11.4. The van der Waals surface area contributed by atoms with Crippen LogP contribution in [0.4, 0.5) is 0 Å². The molecule has 0 amide bonds. The molecule has 18 heavy (non-hydrogen) atoms. The van der Waals surface area contributed by atoms with Gasteiger partial charge in [-0.3, -0.25) is 4.57 Å². The minimum atomic E-state index is -0.206. The summed E-state index contributed by atoms with van der Waals surface area (Å²) >= 11 is 3.29. The Hall–Kier alpha value is -1.70. The van der Waals surface area contributed by atoms with Crippen LogP contribution in [0.25, 0.3) is 16.8 Å². The molecule has 3 heterocycles. The first-order valence-electron chi connectivity index (χ1n) is 5.70. The third-order valence-corrected chi connectivity index (χ3v) is 3.21. The normalized spacial score (nSPS) is 11.7. The molecule has 3 rings (SSSR count). The molecule has 3 aromatic heterocycles. The number of hydrogen-bond acceptors (Lipinski definition) is 4. The molecule has 0 unspecified atom stereocenters. The van der Waals surface area contributed by atoms with Gasteiger partial charge in [-0.05, 0) is 22.4 Å². The van der Waals surface area contributed by atoms with Crippen molar-refractivity contribution in [3.8, 4) is 0 Å². The zero-order valence-electron chi connectivity index (χ0n) is 9.72. The van der Waals surface area contributed by atoms with Crippen LogP contribution >= 0.6 is 15.9 Å². The highest BCUT2D eigenvalue weighted by Crippen LogP contribution is 2.17. The van der Waals surface area contributed by atoms with E-state index in [0.29, 0.717) is 22.6 Å². The van der Waals surface area contributed by atoms with Crippen molar-refractivity contribution in [3.05, 3.63) is 21.5 Å². The van der Waals surface area contributed by atoms with Crippen LogP contribution < -0.4 is 5.69 Å². The molecule has 1 N–H and O–H groups in total. The summed E-state index contributed by atoms with van der Waals surface area (Å²) in [4.78, 5) is 23.7. The van der Waals surface area contributed by atoms with Gasteiger partial charge in [-0.25, -0.2) is 14.8 Å². The molecule has 0 aliphatic carbocycles. The number of imidazole rings is 1. The Morgan fingerprint density at radius 2 is 2.28 bits per heavy atom. The van der Waals surface area contributed by atoms with E-state index in [4.69, 9.17) is 0 Å². The molecule has 0 radical (unpaired) electrons. The lowest BCUT2D eigenvalue weighted by Gasteiger charge is -2.05. The lowest BCUT2D eigenvalue weighted by molar-refractivity contribution is 0.600. The van der Waals surface area contributed by atoms with Gasteiger partial charge in [0.15, 0.2) is 16.0 Å². The molecule has 0 saturated carbocycles. The summed E-state index contributed by atoms with van der Waals surface area (Å²) in [6.45, 7) is 2.70. The smallest absolute Gasteiger partial charge is 0.328 e. The molecular formula is C10H11BrN6O. The molecule has 0 bridgehead atoms. The van der Waals surface area contributed by atoms with Crippen molar-refractivity contribution in [3.63, 3.8) is 0 Å². The monoisotopic (exact) mass is 310 g/mol. The van der Waals surface area contributed by atoms with Gasteiger partial charge in [-0.1, -0.05) is 13.3 Å². The summed E-state index contributed by atoms with van der Waals surface area (Å²) in [6, 6.07) is 0. The fourth-order valence-corrected chi connectivity index (χ4v) is 2.33. The van der Waals surface area contributed by atoms with Crippen LogP contribution in [0.5, 0.6) is 0 Å². The van der Waals surface area contributed by atoms with Crippen molar-refractivity contribution in [2.45, 2.75) is 26.3 Å².